The minimum Gasteiger partial charge on any atom is -0.496 e. The number of nitrogens with zero attached hydrogens (tertiary/aromatic N) is 3. The fraction of sp³-hybridized carbons (Fsp3) is 0.302. The van der Waals surface area contributed by atoms with Crippen LogP contribution in [0.4, 0.5) is 0 Å². The molecule has 0 fully saturated rings. The van der Waals surface area contributed by atoms with Crippen LogP contribution >= 0.6 is 0 Å². The minimum absolute atomic E-state index is 0.000494. The van der Waals surface area contributed by atoms with E-state index in [0.717, 1.165) is 55.5 Å². The van der Waals surface area contributed by atoms with Gasteiger partial charge in [0.2, 0.25) is 0 Å². The van der Waals surface area contributed by atoms with Gasteiger partial charge in [-0.25, -0.2) is 0 Å². The Balaban J connectivity index is 0.000000136. The SMILES string of the molecule is CC(C)(C)c1cc2[nH]ccc2cc1-c1ccccc1.CC(C)(C)c1cc2[nH]ccc2cc1-c1cccnc1.CC(C)(C)c1ccc2c(C#N)c[nH]c2c1.CC(C)(C)c1ccc2c(CC#N)c[nH]c2c1.CC(C)c1ccc(-c2cc3cc[nH]c3cc2C(C)(C)C)cc1.COc1cccc(OC)c1-c1cc2cc[nH]c2cc1C(C)(C)C.Cc1c[nH]c2cc(C(C)(C)C)ccc12. The molecule has 18 aromatic rings. The van der Waals surface area contributed by atoms with Crippen LogP contribution in [0, 0.1) is 29.6 Å². The third kappa shape index (κ3) is 22.2. The van der Waals surface area contributed by atoms with Crippen molar-refractivity contribution < 1.29 is 9.47 Å². The van der Waals surface area contributed by atoms with Gasteiger partial charge in [0.25, 0.3) is 0 Å². The second-order valence-corrected chi connectivity index (χ2v) is 41.2. The van der Waals surface area contributed by atoms with Crippen molar-refractivity contribution in [3.05, 3.63) is 329 Å². The van der Waals surface area contributed by atoms with Crippen molar-refractivity contribution in [2.45, 2.75) is 216 Å². The van der Waals surface area contributed by atoms with E-state index in [2.05, 4.69) is 406 Å². The van der Waals surface area contributed by atoms with Crippen LogP contribution < -0.4 is 9.47 Å². The molecule has 658 valence electrons. The highest BCUT2D eigenvalue weighted by Crippen LogP contribution is 2.46. The first-order valence-corrected chi connectivity index (χ1v) is 44.8. The molecule has 0 aliphatic heterocycles. The number of hydrogen-bond donors (Lipinski definition) is 7. The molecule has 18 rings (SSSR count). The molecule has 0 amide bonds. The first-order chi connectivity index (χ1) is 60.4. The molecule has 0 unspecified atom stereocenters. The molecule has 0 bridgehead atoms. The topological polar surface area (TPSA) is 189 Å². The quantitative estimate of drug-likeness (QED) is 0.0796. The lowest BCUT2D eigenvalue weighted by molar-refractivity contribution is 0.397. The van der Waals surface area contributed by atoms with Crippen molar-refractivity contribution in [1.29, 1.82) is 10.5 Å². The summed E-state index contributed by atoms with van der Waals surface area (Å²) < 4.78 is 11.2. The van der Waals surface area contributed by atoms with Gasteiger partial charge in [0.15, 0.2) is 0 Å². The Bertz CT molecular complexity index is 6750. The maximum absolute atomic E-state index is 8.88. The van der Waals surface area contributed by atoms with Crippen LogP contribution in [0.25, 0.3) is 121 Å². The summed E-state index contributed by atoms with van der Waals surface area (Å²) in [5, 5.41) is 26.1. The summed E-state index contributed by atoms with van der Waals surface area (Å²) >= 11 is 0. The molecule has 0 saturated heterocycles. The summed E-state index contributed by atoms with van der Waals surface area (Å²) in [4.78, 5) is 27.2. The molecule has 0 saturated carbocycles. The van der Waals surface area contributed by atoms with Crippen LogP contribution in [0.5, 0.6) is 11.5 Å². The molecule has 0 aliphatic carbocycles. The van der Waals surface area contributed by atoms with Gasteiger partial charge in [-0.05, 0) is 271 Å². The first-order valence-electron chi connectivity index (χ1n) is 44.8. The number of aryl methyl sites for hydroxylation is 1. The Morgan fingerprint density at radius 1 is 0.344 bits per heavy atom. The molecular weight excluding hydrogens is 1570 g/mol. The Kier molecular flexibility index (Phi) is 28.2. The standard InChI is InChI=1S/C21H25N.C20H23NO2.C18H19N.C17H18N2.C14H16N2.C13H14N2.C13H17N/c1-14(2)15-6-8-16(9-7-15)18-12-17-10-11-22-20(17)13-19(18)21(3,4)5;1-20(2,3)15-12-16-13(9-10-21-16)11-14(15)19-17(22-4)7-6-8-18(19)23-5;1-18(2,3)16-12-17-14(9-10-19-17)11-15(16)13-7-5-4-6-8-13;1-17(2,3)15-10-16-12(6-8-19-16)9-14(15)13-5-4-7-18-11-13;1-14(2,3)11-4-5-12-10(6-7-15)9-16-13(12)8-11;1-13(2,3)10-4-5-11-9(7-14)8-15-12(11)6-10;1-9-8-14-12-7-10(13(2,3)4)5-6-11(9)12/h6-14,22H,1-5H3;6-12,21H,1-5H3;4-12,19H,1-3H3;4-11,19H,1-3H3;4-5,8-9,16H,6H2,1-3H3;4-6,8,15H,1-3H3;5-8,14H,1-4H3. The van der Waals surface area contributed by atoms with E-state index < -0.39 is 0 Å². The molecule has 0 atom stereocenters. The van der Waals surface area contributed by atoms with Crippen LogP contribution in [0.15, 0.2) is 268 Å². The number of H-pyrrole nitrogens is 7. The lowest BCUT2D eigenvalue weighted by atomic mass is 9.81. The first kappa shape index (κ1) is 93.9. The highest BCUT2D eigenvalue weighted by molar-refractivity contribution is 5.94. The van der Waals surface area contributed by atoms with E-state index in [4.69, 9.17) is 20.0 Å². The van der Waals surface area contributed by atoms with E-state index in [1.54, 1.807) is 20.4 Å². The number of fused-ring (bicyclic) bond motifs is 7. The molecule has 128 heavy (non-hydrogen) atoms. The monoisotopic (exact) mass is 1700 g/mol. The molecule has 12 nitrogen and oxygen atoms in total. The molecule has 0 spiro atoms. The summed E-state index contributed by atoms with van der Waals surface area (Å²) in [5.74, 6) is 2.22. The molecule has 8 aromatic heterocycles. The zero-order valence-corrected chi connectivity index (χ0v) is 80.3. The Labute approximate surface area is 759 Å². The number of aromatic nitrogens is 8. The van der Waals surface area contributed by atoms with E-state index in [1.165, 1.54) is 132 Å². The lowest BCUT2D eigenvalue weighted by Gasteiger charge is -2.25. The van der Waals surface area contributed by atoms with Gasteiger partial charge in [0, 0.05) is 116 Å². The summed E-state index contributed by atoms with van der Waals surface area (Å²) in [6, 6.07) is 80.1. The predicted molar refractivity (Wildman–Crippen MR) is 544 cm³/mol. The summed E-state index contributed by atoms with van der Waals surface area (Å²) in [5.41, 5.74) is 32.8. The third-order valence-corrected chi connectivity index (χ3v) is 24.0. The van der Waals surface area contributed by atoms with Crippen LogP contribution in [-0.4, -0.2) is 54.1 Å². The van der Waals surface area contributed by atoms with E-state index in [9.17, 15) is 0 Å². The van der Waals surface area contributed by atoms with Gasteiger partial charge in [0.1, 0.15) is 17.6 Å². The molecule has 7 N–H and O–H groups in total. The van der Waals surface area contributed by atoms with Gasteiger partial charge in [-0.15, -0.1) is 0 Å². The van der Waals surface area contributed by atoms with Crippen LogP contribution in [0.3, 0.4) is 0 Å². The average molecular weight is 1700 g/mol. The number of pyridine rings is 1. The molecular formula is C116H132N10O2. The summed E-state index contributed by atoms with van der Waals surface area (Å²) in [6.45, 7) is 53.5. The second-order valence-electron chi connectivity index (χ2n) is 41.2. The number of hydrogen-bond acceptors (Lipinski definition) is 5. The van der Waals surface area contributed by atoms with Crippen molar-refractivity contribution in [2.24, 2.45) is 0 Å². The Morgan fingerprint density at radius 3 is 1.12 bits per heavy atom. The van der Waals surface area contributed by atoms with Crippen LogP contribution in [-0.2, 0) is 44.3 Å². The molecule has 0 aliphatic rings. The molecule has 10 aromatic carbocycles. The van der Waals surface area contributed by atoms with Crippen molar-refractivity contribution in [2.75, 3.05) is 14.2 Å². The largest absolute Gasteiger partial charge is 0.496 e. The molecule has 12 heteroatoms. The van der Waals surface area contributed by atoms with Crippen LogP contribution in [0.2, 0.25) is 0 Å². The highest BCUT2D eigenvalue weighted by atomic mass is 16.5. The minimum atomic E-state index is 0.000494. The normalized spacial score (nSPS) is 11.9. The number of rotatable bonds is 8. The summed E-state index contributed by atoms with van der Waals surface area (Å²) in [7, 11) is 3.40. The number of methoxy groups -OCH3 is 2. The summed E-state index contributed by atoms with van der Waals surface area (Å²) in [6.07, 6.45) is 18.0. The van der Waals surface area contributed by atoms with E-state index in [-0.39, 0.29) is 37.9 Å². The van der Waals surface area contributed by atoms with Crippen molar-refractivity contribution in [3.63, 3.8) is 0 Å². The van der Waals surface area contributed by atoms with Gasteiger partial charge in [-0.2, -0.15) is 10.5 Å². The van der Waals surface area contributed by atoms with Crippen molar-refractivity contribution >= 4 is 76.3 Å². The number of ether oxygens (including phenoxy) is 2. The fourth-order valence-corrected chi connectivity index (χ4v) is 16.4. The maximum Gasteiger partial charge on any atom is 0.130 e. The van der Waals surface area contributed by atoms with E-state index in [0.29, 0.717) is 17.9 Å². The van der Waals surface area contributed by atoms with E-state index in [1.807, 2.05) is 73.7 Å². The zero-order chi connectivity index (χ0) is 92.6. The van der Waals surface area contributed by atoms with Crippen molar-refractivity contribution in [3.8, 4) is 68.1 Å². The Morgan fingerprint density at radius 2 is 0.719 bits per heavy atom. The third-order valence-electron chi connectivity index (χ3n) is 24.0. The smallest absolute Gasteiger partial charge is 0.130 e. The molecule has 0 radical (unpaired) electrons. The van der Waals surface area contributed by atoms with Crippen LogP contribution in [0.1, 0.15) is 226 Å². The number of aromatic amines is 7. The number of nitriles is 2. The van der Waals surface area contributed by atoms with Gasteiger partial charge in [-0.3, -0.25) is 4.98 Å². The fourth-order valence-electron chi connectivity index (χ4n) is 16.4. The number of benzene rings is 10. The highest BCUT2D eigenvalue weighted by Gasteiger charge is 2.28. The van der Waals surface area contributed by atoms with Crippen molar-refractivity contribution in [1.82, 2.24) is 39.9 Å². The maximum atomic E-state index is 8.88. The second kappa shape index (κ2) is 38.5. The Hall–Kier alpha value is -13.3. The predicted octanol–water partition coefficient (Wildman–Crippen LogP) is 31.7. The average Bonchev–Trinajstić information content (AvgIpc) is 1.22. The zero-order valence-electron chi connectivity index (χ0n) is 80.3. The van der Waals surface area contributed by atoms with E-state index >= 15 is 0 Å². The number of nitrogens with one attached hydrogen (secondary N) is 7. The van der Waals surface area contributed by atoms with Gasteiger partial charge in [-0.1, -0.05) is 262 Å². The van der Waals surface area contributed by atoms with Gasteiger partial charge < -0.3 is 44.4 Å². The molecule has 8 heterocycles. The van der Waals surface area contributed by atoms with Gasteiger partial charge >= 0.3 is 0 Å². The van der Waals surface area contributed by atoms with Gasteiger partial charge in [0.05, 0.1) is 37.8 Å². The lowest BCUT2D eigenvalue weighted by Crippen LogP contribution is -2.13.